The number of nitrogens with one attached hydrogen (secondary N) is 1. The maximum absolute atomic E-state index is 12.7. The highest BCUT2D eigenvalue weighted by atomic mass is 16.5. The number of methoxy groups -OCH3 is 1. The van der Waals surface area contributed by atoms with Crippen LogP contribution in [0.25, 0.3) is 0 Å². The van der Waals surface area contributed by atoms with Gasteiger partial charge in [0.2, 0.25) is 11.6 Å². The molecule has 1 aromatic carbocycles. The second kappa shape index (κ2) is 7.36. The normalized spacial score (nSPS) is 18.4. The summed E-state index contributed by atoms with van der Waals surface area (Å²) in [5.74, 6) is 0.668. The van der Waals surface area contributed by atoms with Crippen LogP contribution in [0.15, 0.2) is 29.1 Å². The van der Waals surface area contributed by atoms with Crippen LogP contribution in [-0.4, -0.2) is 53.6 Å². The number of aromatic nitrogens is 3. The van der Waals surface area contributed by atoms with Gasteiger partial charge in [0.05, 0.1) is 13.2 Å². The minimum Gasteiger partial charge on any atom is -0.497 e. The summed E-state index contributed by atoms with van der Waals surface area (Å²) in [6, 6.07) is 7.47. The van der Waals surface area contributed by atoms with Gasteiger partial charge in [-0.25, -0.2) is 0 Å². The lowest BCUT2D eigenvalue weighted by Crippen LogP contribution is -2.38. The predicted molar refractivity (Wildman–Crippen MR) is 97.6 cm³/mol. The minimum atomic E-state index is -0.513. The Morgan fingerprint density at radius 2 is 2.11 bits per heavy atom. The summed E-state index contributed by atoms with van der Waals surface area (Å²) in [5.41, 5.74) is 0.264. The Bertz CT molecular complexity index is 890. The van der Waals surface area contributed by atoms with Crippen LogP contribution in [0, 0.1) is 0 Å². The van der Waals surface area contributed by atoms with Gasteiger partial charge in [0, 0.05) is 31.9 Å². The van der Waals surface area contributed by atoms with Crippen molar-refractivity contribution in [3.05, 3.63) is 40.3 Å². The number of fused-ring (bicyclic) bond motifs is 1. The molecule has 0 aliphatic carbocycles. The number of hydrogen-bond acceptors (Lipinski definition) is 7. The summed E-state index contributed by atoms with van der Waals surface area (Å²) in [5, 5.41) is 10.8. The Balaban J connectivity index is 1.53. The molecule has 3 heterocycles. The first-order valence-corrected chi connectivity index (χ1v) is 8.96. The zero-order chi connectivity index (χ0) is 18.8. The molecule has 2 aliphatic heterocycles. The van der Waals surface area contributed by atoms with Crippen LogP contribution in [-0.2, 0) is 11.3 Å². The molecule has 2 aliphatic rings. The molecule has 0 unspecified atom stereocenters. The highest BCUT2D eigenvalue weighted by Gasteiger charge is 2.27. The average molecular weight is 371 g/mol. The minimum absolute atomic E-state index is 0.00431. The summed E-state index contributed by atoms with van der Waals surface area (Å²) in [7, 11) is 1.61. The maximum Gasteiger partial charge on any atom is 0.286 e. The van der Waals surface area contributed by atoms with Crippen molar-refractivity contribution in [2.75, 3.05) is 31.7 Å². The quantitative estimate of drug-likeness (QED) is 0.826. The van der Waals surface area contributed by atoms with E-state index in [1.807, 2.05) is 29.2 Å². The van der Waals surface area contributed by atoms with Gasteiger partial charge < -0.3 is 19.7 Å². The number of carbonyl (C=O) groups excluding carboxylic acids is 1. The second-order valence-corrected chi connectivity index (χ2v) is 6.50. The Kier molecular flexibility index (Phi) is 4.76. The van der Waals surface area contributed by atoms with E-state index >= 15 is 0 Å². The van der Waals surface area contributed by atoms with Gasteiger partial charge in [-0.1, -0.05) is 0 Å². The maximum atomic E-state index is 12.7. The van der Waals surface area contributed by atoms with Crippen molar-refractivity contribution in [2.24, 2.45) is 0 Å². The first kappa shape index (κ1) is 17.5. The summed E-state index contributed by atoms with van der Waals surface area (Å²) >= 11 is 0. The third-order valence-electron chi connectivity index (χ3n) is 4.83. The molecule has 9 nitrogen and oxygen atoms in total. The van der Waals surface area contributed by atoms with E-state index in [4.69, 9.17) is 9.47 Å². The predicted octanol–water partition coefficient (Wildman–Crippen LogP) is 0.707. The molecule has 4 rings (SSSR count). The van der Waals surface area contributed by atoms with Crippen molar-refractivity contribution in [2.45, 2.75) is 25.5 Å². The molecule has 142 valence electrons. The molecule has 0 saturated carbocycles. The van der Waals surface area contributed by atoms with Crippen molar-refractivity contribution < 1.29 is 14.3 Å². The first-order chi connectivity index (χ1) is 13.2. The number of ether oxygens (including phenoxy) is 2. The fraction of sp³-hybridized carbons (Fsp3) is 0.444. The van der Waals surface area contributed by atoms with E-state index in [-0.39, 0.29) is 11.8 Å². The van der Waals surface area contributed by atoms with E-state index in [0.29, 0.717) is 32.2 Å². The summed E-state index contributed by atoms with van der Waals surface area (Å²) in [6.45, 7) is 2.11. The third kappa shape index (κ3) is 3.37. The highest BCUT2D eigenvalue weighted by Crippen LogP contribution is 2.28. The SMILES string of the molecule is COc1ccc(N2CCn3c2nnc(C(=O)NC[C@H]2CCCO2)c3=O)cc1. The molecule has 0 radical (unpaired) electrons. The topological polar surface area (TPSA) is 98.6 Å². The van der Waals surface area contributed by atoms with Gasteiger partial charge in [-0.2, -0.15) is 0 Å². The molecule has 9 heteroatoms. The molecule has 1 amide bonds. The lowest BCUT2D eigenvalue weighted by atomic mass is 10.2. The average Bonchev–Trinajstić information content (AvgIpc) is 3.36. The monoisotopic (exact) mass is 371 g/mol. The molecule has 1 fully saturated rings. The van der Waals surface area contributed by atoms with Crippen molar-refractivity contribution in [1.29, 1.82) is 0 Å². The summed E-state index contributed by atoms with van der Waals surface area (Å²) in [4.78, 5) is 26.9. The van der Waals surface area contributed by atoms with E-state index in [2.05, 4.69) is 15.5 Å². The number of nitrogens with zero attached hydrogens (tertiary/aromatic N) is 4. The van der Waals surface area contributed by atoms with E-state index in [1.165, 1.54) is 4.57 Å². The third-order valence-corrected chi connectivity index (χ3v) is 4.83. The van der Waals surface area contributed by atoms with Gasteiger partial charge in [0.1, 0.15) is 5.75 Å². The van der Waals surface area contributed by atoms with Crippen molar-refractivity contribution in [1.82, 2.24) is 20.1 Å². The summed E-state index contributed by atoms with van der Waals surface area (Å²) < 4.78 is 12.1. The fourth-order valence-electron chi connectivity index (χ4n) is 3.36. The smallest absolute Gasteiger partial charge is 0.286 e. The Labute approximate surface area is 155 Å². The largest absolute Gasteiger partial charge is 0.497 e. The number of anilines is 2. The molecule has 1 atom stereocenters. The number of carbonyl (C=O) groups is 1. The Morgan fingerprint density at radius 1 is 1.30 bits per heavy atom. The molecular weight excluding hydrogens is 350 g/mol. The van der Waals surface area contributed by atoms with Gasteiger partial charge >= 0.3 is 0 Å². The molecule has 1 N–H and O–H groups in total. The number of benzene rings is 1. The highest BCUT2D eigenvalue weighted by molar-refractivity contribution is 5.91. The number of hydrogen-bond donors (Lipinski definition) is 1. The molecule has 2 aromatic rings. The fourth-order valence-corrected chi connectivity index (χ4v) is 3.36. The molecule has 0 bridgehead atoms. The Morgan fingerprint density at radius 3 is 2.81 bits per heavy atom. The van der Waals surface area contributed by atoms with Crippen LogP contribution in [0.2, 0.25) is 0 Å². The van der Waals surface area contributed by atoms with E-state index in [1.54, 1.807) is 7.11 Å². The van der Waals surface area contributed by atoms with Crippen LogP contribution in [0.5, 0.6) is 5.75 Å². The molecule has 27 heavy (non-hydrogen) atoms. The number of rotatable bonds is 5. The van der Waals surface area contributed by atoms with Crippen LogP contribution in [0.3, 0.4) is 0 Å². The van der Waals surface area contributed by atoms with Crippen molar-refractivity contribution >= 4 is 17.5 Å². The van der Waals surface area contributed by atoms with Crippen LogP contribution in [0.1, 0.15) is 23.3 Å². The Hall–Kier alpha value is -2.94. The van der Waals surface area contributed by atoms with Gasteiger partial charge in [-0.3, -0.25) is 14.2 Å². The zero-order valence-corrected chi connectivity index (χ0v) is 15.1. The van der Waals surface area contributed by atoms with Crippen molar-refractivity contribution in [3.63, 3.8) is 0 Å². The standard InChI is InChI=1S/C18H21N5O4/c1-26-13-6-4-12(5-7-13)22-8-9-23-17(25)15(20-21-18(22)23)16(24)19-11-14-3-2-10-27-14/h4-7,14H,2-3,8-11H2,1H3,(H,19,24)/t14-/m1/s1. The molecule has 0 spiro atoms. The van der Waals surface area contributed by atoms with Crippen LogP contribution in [0.4, 0.5) is 11.6 Å². The lowest BCUT2D eigenvalue weighted by Gasteiger charge is -2.17. The molecular formula is C18H21N5O4. The second-order valence-electron chi connectivity index (χ2n) is 6.50. The van der Waals surface area contributed by atoms with Gasteiger partial charge in [0.25, 0.3) is 11.5 Å². The van der Waals surface area contributed by atoms with Crippen molar-refractivity contribution in [3.8, 4) is 5.75 Å². The summed E-state index contributed by atoms with van der Waals surface area (Å²) in [6.07, 6.45) is 1.90. The van der Waals surface area contributed by atoms with Gasteiger partial charge in [-0.15, -0.1) is 10.2 Å². The van der Waals surface area contributed by atoms with E-state index in [0.717, 1.165) is 24.3 Å². The van der Waals surface area contributed by atoms with E-state index in [9.17, 15) is 9.59 Å². The zero-order valence-electron chi connectivity index (χ0n) is 15.1. The molecule has 1 saturated heterocycles. The first-order valence-electron chi connectivity index (χ1n) is 8.96. The van der Waals surface area contributed by atoms with E-state index < -0.39 is 11.5 Å². The molecule has 1 aromatic heterocycles. The van der Waals surface area contributed by atoms with Gasteiger partial charge in [0.15, 0.2) is 0 Å². The number of amides is 1. The van der Waals surface area contributed by atoms with Crippen LogP contribution < -0.4 is 20.5 Å². The lowest BCUT2D eigenvalue weighted by molar-refractivity contribution is 0.0851. The van der Waals surface area contributed by atoms with Gasteiger partial charge in [-0.05, 0) is 37.1 Å². The van der Waals surface area contributed by atoms with Crippen LogP contribution >= 0.6 is 0 Å².